The van der Waals surface area contributed by atoms with Crippen molar-refractivity contribution in [2.24, 2.45) is 0 Å². The van der Waals surface area contributed by atoms with Gasteiger partial charge in [0.25, 0.3) is 0 Å². The minimum atomic E-state index is -0.494. The number of rotatable bonds is 3. The second kappa shape index (κ2) is 4.53. The smallest absolute Gasteiger partial charge is 0.340 e. The fourth-order valence-corrected chi connectivity index (χ4v) is 1.31. The maximum Gasteiger partial charge on any atom is 0.340 e. The molecule has 0 aliphatic carbocycles. The fraction of sp³-hybridized carbons (Fsp3) is 0.615. The van der Waals surface area contributed by atoms with Crippen LogP contribution in [-0.4, -0.2) is 27.9 Å². The first-order valence-corrected chi connectivity index (χ1v) is 5.68. The quantitative estimate of drug-likeness (QED) is 0.822. The minimum absolute atomic E-state index is 0.00936. The summed E-state index contributed by atoms with van der Waals surface area (Å²) in [5.41, 5.74) is -0.409. The molecule has 96 valence electrons. The zero-order valence-electron chi connectivity index (χ0n) is 11.2. The van der Waals surface area contributed by atoms with Gasteiger partial charge in [-0.25, -0.2) is 4.79 Å². The molecule has 0 aliphatic heterocycles. The molecule has 0 aliphatic rings. The molecule has 4 nitrogen and oxygen atoms in total. The van der Waals surface area contributed by atoms with Crippen LogP contribution in [0.2, 0.25) is 0 Å². The molecule has 1 heterocycles. The number of hydrogen-bond acceptors (Lipinski definition) is 3. The molecular formula is C13H21NO3. The molecule has 0 fully saturated rings. The second-order valence-corrected chi connectivity index (χ2v) is 5.78. The second-order valence-electron chi connectivity index (χ2n) is 5.78. The molecule has 1 rings (SSSR count). The molecule has 0 saturated heterocycles. The predicted molar refractivity (Wildman–Crippen MR) is 66.0 cm³/mol. The molecule has 0 amide bonds. The Balaban J connectivity index is 2.85. The first-order chi connectivity index (χ1) is 7.65. The molecule has 0 radical (unpaired) electrons. The van der Waals surface area contributed by atoms with Crippen LogP contribution >= 0.6 is 0 Å². The summed E-state index contributed by atoms with van der Waals surface area (Å²) < 4.78 is 7.08. The number of aromatic nitrogens is 1. The highest BCUT2D eigenvalue weighted by Crippen LogP contribution is 2.18. The van der Waals surface area contributed by atoms with Crippen molar-refractivity contribution in [3.05, 3.63) is 24.0 Å². The van der Waals surface area contributed by atoms with Crippen LogP contribution in [-0.2, 0) is 10.3 Å². The van der Waals surface area contributed by atoms with Crippen LogP contribution in [0.3, 0.4) is 0 Å². The van der Waals surface area contributed by atoms with E-state index < -0.39 is 11.1 Å². The van der Waals surface area contributed by atoms with Crippen molar-refractivity contribution in [1.29, 1.82) is 0 Å². The Labute approximate surface area is 102 Å². The van der Waals surface area contributed by atoms with Gasteiger partial charge in [0, 0.05) is 12.4 Å². The van der Waals surface area contributed by atoms with Gasteiger partial charge < -0.3 is 14.4 Å². The average molecular weight is 239 g/mol. The number of carbonyl (C=O) groups is 1. The van der Waals surface area contributed by atoms with Crippen molar-refractivity contribution in [1.82, 2.24) is 4.57 Å². The van der Waals surface area contributed by atoms with Gasteiger partial charge >= 0.3 is 5.97 Å². The summed E-state index contributed by atoms with van der Waals surface area (Å²) in [6.07, 6.45) is 3.47. The SMILES string of the molecule is CC(C)(C)OC(=O)c1ccn(C(C)(C)CO)c1. The van der Waals surface area contributed by atoms with E-state index in [0.717, 1.165) is 0 Å². The van der Waals surface area contributed by atoms with Crippen LogP contribution in [0, 0.1) is 0 Å². The highest BCUT2D eigenvalue weighted by atomic mass is 16.6. The lowest BCUT2D eigenvalue weighted by Gasteiger charge is -2.24. The number of ether oxygens (including phenoxy) is 1. The minimum Gasteiger partial charge on any atom is -0.456 e. The van der Waals surface area contributed by atoms with Gasteiger partial charge in [0.2, 0.25) is 0 Å². The van der Waals surface area contributed by atoms with Crippen LogP contribution in [0.15, 0.2) is 18.5 Å². The Morgan fingerprint density at radius 2 is 1.94 bits per heavy atom. The molecule has 17 heavy (non-hydrogen) atoms. The van der Waals surface area contributed by atoms with E-state index in [9.17, 15) is 9.90 Å². The predicted octanol–water partition coefficient (Wildman–Crippen LogP) is 2.17. The third kappa shape index (κ3) is 3.60. The number of aliphatic hydroxyl groups excluding tert-OH is 1. The normalized spacial score (nSPS) is 12.6. The maximum absolute atomic E-state index is 11.8. The molecular weight excluding hydrogens is 218 g/mol. The lowest BCUT2D eigenvalue weighted by atomic mass is 10.1. The Hall–Kier alpha value is -1.29. The maximum atomic E-state index is 11.8. The van der Waals surface area contributed by atoms with Crippen LogP contribution in [0.25, 0.3) is 0 Å². The van der Waals surface area contributed by atoms with Gasteiger partial charge in [0.1, 0.15) is 5.60 Å². The molecule has 0 atom stereocenters. The highest BCUT2D eigenvalue weighted by Gasteiger charge is 2.22. The lowest BCUT2D eigenvalue weighted by molar-refractivity contribution is 0.00691. The van der Waals surface area contributed by atoms with Gasteiger partial charge in [0.15, 0.2) is 0 Å². The van der Waals surface area contributed by atoms with Crippen molar-refractivity contribution in [2.75, 3.05) is 6.61 Å². The van der Waals surface area contributed by atoms with E-state index >= 15 is 0 Å². The summed E-state index contributed by atoms with van der Waals surface area (Å²) in [6.45, 7) is 9.30. The molecule has 1 N–H and O–H groups in total. The molecule has 0 unspecified atom stereocenters. The Morgan fingerprint density at radius 1 is 1.35 bits per heavy atom. The van der Waals surface area contributed by atoms with Crippen LogP contribution in [0.4, 0.5) is 0 Å². The van der Waals surface area contributed by atoms with E-state index in [1.807, 2.05) is 39.2 Å². The van der Waals surface area contributed by atoms with Gasteiger partial charge in [-0.1, -0.05) is 0 Å². The zero-order chi connectivity index (χ0) is 13.3. The summed E-state index contributed by atoms with van der Waals surface area (Å²) >= 11 is 0. The summed E-state index contributed by atoms with van der Waals surface area (Å²) in [4.78, 5) is 11.8. The largest absolute Gasteiger partial charge is 0.456 e. The standard InChI is InChI=1S/C13H21NO3/c1-12(2,3)17-11(16)10-6-7-14(8-10)13(4,5)9-15/h6-8,15H,9H2,1-5H3. The summed E-state index contributed by atoms with van der Waals surface area (Å²) in [6, 6.07) is 1.70. The molecule has 1 aromatic heterocycles. The van der Waals surface area contributed by atoms with Crippen LogP contribution in [0.5, 0.6) is 0 Å². The number of nitrogens with zero attached hydrogens (tertiary/aromatic N) is 1. The van der Waals surface area contributed by atoms with E-state index in [1.54, 1.807) is 18.5 Å². The third-order valence-electron chi connectivity index (χ3n) is 2.41. The highest BCUT2D eigenvalue weighted by molar-refractivity contribution is 5.89. The Morgan fingerprint density at radius 3 is 2.41 bits per heavy atom. The van der Waals surface area contributed by atoms with Crippen LogP contribution in [0.1, 0.15) is 45.0 Å². The Bertz CT molecular complexity index is 399. The lowest BCUT2D eigenvalue weighted by Crippen LogP contribution is -2.29. The Kier molecular flexibility index (Phi) is 3.67. The van der Waals surface area contributed by atoms with Gasteiger partial charge in [-0.05, 0) is 40.7 Å². The molecule has 0 bridgehead atoms. The summed E-state index contributed by atoms with van der Waals surface area (Å²) in [5, 5.41) is 9.24. The van der Waals surface area contributed by atoms with E-state index in [4.69, 9.17) is 4.74 Å². The zero-order valence-corrected chi connectivity index (χ0v) is 11.2. The topological polar surface area (TPSA) is 51.5 Å². The molecule has 0 saturated carbocycles. The number of carbonyl (C=O) groups excluding carboxylic acids is 1. The average Bonchev–Trinajstić information content (AvgIpc) is 2.64. The number of aliphatic hydroxyl groups is 1. The van der Waals surface area contributed by atoms with Crippen molar-refractivity contribution in [3.8, 4) is 0 Å². The first kappa shape index (κ1) is 13.8. The monoisotopic (exact) mass is 239 g/mol. The van der Waals surface area contributed by atoms with Crippen molar-refractivity contribution >= 4 is 5.97 Å². The molecule has 0 aromatic carbocycles. The van der Waals surface area contributed by atoms with Crippen molar-refractivity contribution in [3.63, 3.8) is 0 Å². The molecule has 4 heteroatoms. The first-order valence-electron chi connectivity index (χ1n) is 5.68. The van der Waals surface area contributed by atoms with E-state index in [-0.39, 0.29) is 12.6 Å². The summed E-state index contributed by atoms with van der Waals surface area (Å²) in [5.74, 6) is -0.343. The van der Waals surface area contributed by atoms with Gasteiger partial charge in [-0.3, -0.25) is 0 Å². The summed E-state index contributed by atoms with van der Waals surface area (Å²) in [7, 11) is 0. The van der Waals surface area contributed by atoms with Gasteiger partial charge in [-0.15, -0.1) is 0 Å². The van der Waals surface area contributed by atoms with E-state index in [0.29, 0.717) is 5.56 Å². The molecule has 0 spiro atoms. The van der Waals surface area contributed by atoms with E-state index in [2.05, 4.69) is 0 Å². The number of hydrogen-bond donors (Lipinski definition) is 1. The van der Waals surface area contributed by atoms with Gasteiger partial charge in [-0.2, -0.15) is 0 Å². The third-order valence-corrected chi connectivity index (χ3v) is 2.41. The van der Waals surface area contributed by atoms with Gasteiger partial charge in [0.05, 0.1) is 17.7 Å². The van der Waals surface area contributed by atoms with E-state index in [1.165, 1.54) is 0 Å². The van der Waals surface area contributed by atoms with Crippen LogP contribution < -0.4 is 0 Å². The molecule has 1 aromatic rings. The fourth-order valence-electron chi connectivity index (χ4n) is 1.31. The van der Waals surface area contributed by atoms with Crippen molar-refractivity contribution in [2.45, 2.75) is 45.8 Å². The van der Waals surface area contributed by atoms with Crippen molar-refractivity contribution < 1.29 is 14.6 Å². The number of esters is 1.